The summed E-state index contributed by atoms with van der Waals surface area (Å²) in [7, 11) is 0. The van der Waals surface area contributed by atoms with Crippen molar-refractivity contribution in [3.63, 3.8) is 0 Å². The molecule has 1 radical (unpaired) electrons. The molecule has 1 aromatic rings. The van der Waals surface area contributed by atoms with Gasteiger partial charge in [0.1, 0.15) is 0 Å². The first-order chi connectivity index (χ1) is 4.70. The Labute approximate surface area is 73.6 Å². The molecule has 0 aliphatic carbocycles. The summed E-state index contributed by atoms with van der Waals surface area (Å²) in [6, 6.07) is 7.36. The topological polar surface area (TPSA) is 17.1 Å². The van der Waals surface area contributed by atoms with Gasteiger partial charge in [0.15, 0.2) is 5.78 Å². The SMILES string of the molecule is [CH2]C(=O)c1cccc(I)c1. The number of hydrogen-bond donors (Lipinski definition) is 0. The number of rotatable bonds is 1. The number of Topliss-reactive ketones (excluding diaryl/α,β-unsaturated/α-hetero) is 1. The lowest BCUT2D eigenvalue weighted by atomic mass is 10.2. The van der Waals surface area contributed by atoms with Crippen molar-refractivity contribution in [1.29, 1.82) is 0 Å². The second kappa shape index (κ2) is 3.14. The van der Waals surface area contributed by atoms with Crippen molar-refractivity contribution in [1.82, 2.24) is 0 Å². The molecule has 0 amide bonds. The highest BCUT2D eigenvalue weighted by Crippen LogP contribution is 2.07. The number of carbonyl (C=O) groups is 1. The largest absolute Gasteiger partial charge is 0.294 e. The highest BCUT2D eigenvalue weighted by molar-refractivity contribution is 14.1. The minimum absolute atomic E-state index is 0.126. The highest BCUT2D eigenvalue weighted by atomic mass is 127. The number of ketones is 1. The van der Waals surface area contributed by atoms with E-state index in [2.05, 4.69) is 29.5 Å². The van der Waals surface area contributed by atoms with Gasteiger partial charge >= 0.3 is 0 Å². The average molecular weight is 245 g/mol. The van der Waals surface area contributed by atoms with E-state index in [0.717, 1.165) is 3.57 Å². The van der Waals surface area contributed by atoms with Gasteiger partial charge in [-0.1, -0.05) is 12.1 Å². The molecular formula is C8H6IO. The summed E-state index contributed by atoms with van der Waals surface area (Å²) in [4.78, 5) is 10.7. The zero-order valence-corrected chi connectivity index (χ0v) is 7.46. The molecular weight excluding hydrogens is 239 g/mol. The molecule has 2 heteroatoms. The lowest BCUT2D eigenvalue weighted by Crippen LogP contribution is -1.91. The van der Waals surface area contributed by atoms with Crippen molar-refractivity contribution in [2.24, 2.45) is 0 Å². The van der Waals surface area contributed by atoms with Gasteiger partial charge in [-0.3, -0.25) is 4.79 Å². The Morgan fingerprint density at radius 3 is 2.60 bits per heavy atom. The molecule has 0 N–H and O–H groups in total. The third kappa shape index (κ3) is 1.80. The van der Waals surface area contributed by atoms with E-state index in [4.69, 9.17) is 0 Å². The highest BCUT2D eigenvalue weighted by Gasteiger charge is 1.96. The van der Waals surface area contributed by atoms with Crippen LogP contribution in [0, 0.1) is 10.5 Å². The van der Waals surface area contributed by atoms with Crippen LogP contribution in [0.3, 0.4) is 0 Å². The van der Waals surface area contributed by atoms with Gasteiger partial charge in [-0.2, -0.15) is 0 Å². The van der Waals surface area contributed by atoms with Crippen LogP contribution in [0.1, 0.15) is 10.4 Å². The smallest absolute Gasteiger partial charge is 0.163 e. The molecule has 0 unspecified atom stereocenters. The van der Waals surface area contributed by atoms with E-state index in [1.165, 1.54) is 0 Å². The molecule has 1 rings (SSSR count). The van der Waals surface area contributed by atoms with E-state index in [9.17, 15) is 4.79 Å². The zero-order chi connectivity index (χ0) is 7.56. The minimum atomic E-state index is -0.126. The van der Waals surface area contributed by atoms with Crippen LogP contribution in [-0.4, -0.2) is 5.78 Å². The van der Waals surface area contributed by atoms with Crippen LogP contribution in [0.2, 0.25) is 0 Å². The normalized spacial score (nSPS) is 9.40. The summed E-state index contributed by atoms with van der Waals surface area (Å²) in [5.74, 6) is -0.126. The maximum absolute atomic E-state index is 10.7. The van der Waals surface area contributed by atoms with Gasteiger partial charge in [-0.25, -0.2) is 0 Å². The third-order valence-corrected chi connectivity index (χ3v) is 1.82. The Hall–Kier alpha value is -0.380. The number of benzene rings is 1. The van der Waals surface area contributed by atoms with Crippen molar-refractivity contribution in [2.75, 3.05) is 0 Å². The van der Waals surface area contributed by atoms with Crippen molar-refractivity contribution in [3.8, 4) is 0 Å². The number of hydrogen-bond acceptors (Lipinski definition) is 1. The Balaban J connectivity index is 3.07. The van der Waals surface area contributed by atoms with Crippen molar-refractivity contribution in [3.05, 3.63) is 40.3 Å². The first-order valence-electron chi connectivity index (χ1n) is 2.82. The second-order valence-electron chi connectivity index (χ2n) is 1.93. The van der Waals surface area contributed by atoms with Gasteiger partial charge < -0.3 is 0 Å². The fourth-order valence-electron chi connectivity index (χ4n) is 0.662. The first-order valence-corrected chi connectivity index (χ1v) is 3.90. The lowest BCUT2D eigenvalue weighted by Gasteiger charge is -1.93. The quantitative estimate of drug-likeness (QED) is 0.548. The van der Waals surface area contributed by atoms with Crippen molar-refractivity contribution in [2.45, 2.75) is 0 Å². The van der Waals surface area contributed by atoms with E-state index in [-0.39, 0.29) is 5.78 Å². The van der Waals surface area contributed by atoms with Crippen molar-refractivity contribution < 1.29 is 4.79 Å². The Morgan fingerprint density at radius 1 is 1.50 bits per heavy atom. The van der Waals surface area contributed by atoms with E-state index < -0.39 is 0 Å². The standard InChI is InChI=1S/C8H6IO/c1-6(10)7-3-2-4-8(9)5-7/h2-5H,1H2. The molecule has 0 saturated heterocycles. The average Bonchev–Trinajstić information content (AvgIpc) is 1.88. The number of carbonyl (C=O) groups excluding carboxylic acids is 1. The van der Waals surface area contributed by atoms with Gasteiger partial charge in [0.25, 0.3) is 0 Å². The molecule has 10 heavy (non-hydrogen) atoms. The van der Waals surface area contributed by atoms with E-state index in [1.54, 1.807) is 6.07 Å². The number of halogens is 1. The minimum Gasteiger partial charge on any atom is -0.294 e. The van der Waals surface area contributed by atoms with Crippen molar-refractivity contribution >= 4 is 28.4 Å². The van der Waals surface area contributed by atoms with E-state index in [0.29, 0.717) is 5.56 Å². The predicted octanol–water partition coefficient (Wildman–Crippen LogP) is 2.31. The molecule has 0 bridgehead atoms. The molecule has 0 aliphatic heterocycles. The molecule has 0 aliphatic rings. The zero-order valence-electron chi connectivity index (χ0n) is 5.30. The second-order valence-corrected chi connectivity index (χ2v) is 3.18. The molecule has 0 saturated carbocycles. The predicted molar refractivity (Wildman–Crippen MR) is 48.8 cm³/mol. The first kappa shape index (κ1) is 7.72. The summed E-state index contributed by atoms with van der Waals surface area (Å²) in [6.07, 6.45) is 0. The van der Waals surface area contributed by atoms with Crippen LogP contribution < -0.4 is 0 Å². The molecule has 0 aromatic heterocycles. The van der Waals surface area contributed by atoms with Gasteiger partial charge in [-0.15, -0.1) is 0 Å². The van der Waals surface area contributed by atoms with E-state index >= 15 is 0 Å². The van der Waals surface area contributed by atoms with Gasteiger partial charge in [0.2, 0.25) is 0 Å². The molecule has 0 atom stereocenters. The summed E-state index contributed by atoms with van der Waals surface area (Å²) in [6.45, 7) is 3.31. The molecule has 0 heterocycles. The Kier molecular flexibility index (Phi) is 2.43. The third-order valence-electron chi connectivity index (χ3n) is 1.15. The van der Waals surface area contributed by atoms with Crippen LogP contribution >= 0.6 is 22.6 Å². The molecule has 0 spiro atoms. The fraction of sp³-hybridized carbons (Fsp3) is 0. The van der Waals surface area contributed by atoms with Crippen LogP contribution in [0.15, 0.2) is 24.3 Å². The van der Waals surface area contributed by atoms with Gasteiger partial charge in [0.05, 0.1) is 0 Å². The van der Waals surface area contributed by atoms with E-state index in [1.807, 2.05) is 18.2 Å². The molecule has 1 aromatic carbocycles. The molecule has 1 nitrogen and oxygen atoms in total. The summed E-state index contributed by atoms with van der Waals surface area (Å²) >= 11 is 2.16. The molecule has 51 valence electrons. The monoisotopic (exact) mass is 245 g/mol. The van der Waals surface area contributed by atoms with Gasteiger partial charge in [0, 0.05) is 16.1 Å². The van der Waals surface area contributed by atoms with Crippen LogP contribution in [0.5, 0.6) is 0 Å². The molecule has 0 fully saturated rings. The van der Waals surface area contributed by atoms with Crippen LogP contribution in [0.25, 0.3) is 0 Å². The van der Waals surface area contributed by atoms with Gasteiger partial charge in [-0.05, 0) is 34.7 Å². The Bertz CT molecular complexity index is 255. The maximum Gasteiger partial charge on any atom is 0.163 e. The lowest BCUT2D eigenvalue weighted by molar-refractivity contribution is 0.104. The summed E-state index contributed by atoms with van der Waals surface area (Å²) in [5, 5.41) is 0. The summed E-state index contributed by atoms with van der Waals surface area (Å²) < 4.78 is 1.06. The fourth-order valence-corrected chi connectivity index (χ4v) is 1.21. The summed E-state index contributed by atoms with van der Waals surface area (Å²) in [5.41, 5.74) is 0.673. The Morgan fingerprint density at radius 2 is 2.20 bits per heavy atom. The maximum atomic E-state index is 10.7. The van der Waals surface area contributed by atoms with Crippen LogP contribution in [-0.2, 0) is 0 Å². The van der Waals surface area contributed by atoms with Crippen LogP contribution in [0.4, 0.5) is 0 Å².